The van der Waals surface area contributed by atoms with Gasteiger partial charge in [0.25, 0.3) is 0 Å². The van der Waals surface area contributed by atoms with E-state index in [1.165, 1.54) is 5.56 Å². The number of benzene rings is 1. The Bertz CT molecular complexity index is 600. The minimum absolute atomic E-state index is 0.323. The van der Waals surface area contributed by atoms with Crippen molar-refractivity contribution in [2.24, 2.45) is 0 Å². The van der Waals surface area contributed by atoms with E-state index in [9.17, 15) is 0 Å². The van der Waals surface area contributed by atoms with E-state index in [0.717, 1.165) is 5.75 Å². The third-order valence-electron chi connectivity index (χ3n) is 2.95. The summed E-state index contributed by atoms with van der Waals surface area (Å²) in [6.07, 6.45) is 0. The molecule has 2 N–H and O–H groups in total. The maximum Gasteiger partial charge on any atom is 0.224 e. The van der Waals surface area contributed by atoms with Gasteiger partial charge in [-0.1, -0.05) is 26.0 Å². The molecular formula is C16H21N3O2. The van der Waals surface area contributed by atoms with Crippen LogP contribution in [0.2, 0.25) is 0 Å². The average molecular weight is 287 g/mol. The Kier molecular flexibility index (Phi) is 5.11. The topological polar surface area (TPSA) is 70.3 Å². The predicted molar refractivity (Wildman–Crippen MR) is 82.4 cm³/mol. The van der Waals surface area contributed by atoms with Crippen LogP contribution in [0.5, 0.6) is 11.6 Å². The number of nitrogen functional groups attached to an aromatic ring is 1. The van der Waals surface area contributed by atoms with Crippen molar-refractivity contribution in [1.29, 1.82) is 0 Å². The first kappa shape index (κ1) is 15.3. The van der Waals surface area contributed by atoms with E-state index in [1.54, 1.807) is 6.07 Å². The molecule has 0 saturated carbocycles. The summed E-state index contributed by atoms with van der Waals surface area (Å²) in [5, 5.41) is 0. The third-order valence-corrected chi connectivity index (χ3v) is 2.95. The number of ether oxygens (including phenoxy) is 2. The van der Waals surface area contributed by atoms with Gasteiger partial charge in [0.2, 0.25) is 5.88 Å². The Hall–Kier alpha value is -2.14. The summed E-state index contributed by atoms with van der Waals surface area (Å²) in [6.45, 7) is 7.12. The molecule has 0 aliphatic heterocycles. The molecule has 0 spiro atoms. The van der Waals surface area contributed by atoms with Crippen LogP contribution in [0.25, 0.3) is 0 Å². The molecule has 0 atom stereocenters. The molecule has 1 aromatic carbocycles. The quantitative estimate of drug-likeness (QED) is 0.880. The first-order valence-electron chi connectivity index (χ1n) is 7.07. The molecule has 0 amide bonds. The van der Waals surface area contributed by atoms with Gasteiger partial charge in [-0.2, -0.15) is 4.98 Å². The van der Waals surface area contributed by atoms with Crippen LogP contribution in [-0.2, 0) is 11.3 Å². The minimum atomic E-state index is 0.323. The molecule has 5 nitrogen and oxygen atoms in total. The van der Waals surface area contributed by atoms with Crippen LogP contribution >= 0.6 is 0 Å². The van der Waals surface area contributed by atoms with E-state index in [-0.39, 0.29) is 0 Å². The summed E-state index contributed by atoms with van der Waals surface area (Å²) in [5.74, 6) is 2.50. The number of hydrogen-bond acceptors (Lipinski definition) is 5. The summed E-state index contributed by atoms with van der Waals surface area (Å²) >= 11 is 0. The van der Waals surface area contributed by atoms with Crippen molar-refractivity contribution in [3.8, 4) is 11.6 Å². The Balaban J connectivity index is 2.18. The van der Waals surface area contributed by atoms with Crippen molar-refractivity contribution in [3.63, 3.8) is 0 Å². The molecule has 1 aromatic heterocycles. The summed E-state index contributed by atoms with van der Waals surface area (Å²) in [7, 11) is 0. The number of nitrogens with two attached hydrogens (primary N) is 1. The van der Waals surface area contributed by atoms with Crippen molar-refractivity contribution < 1.29 is 9.47 Å². The lowest BCUT2D eigenvalue weighted by molar-refractivity contribution is 0.128. The van der Waals surface area contributed by atoms with Gasteiger partial charge in [0, 0.05) is 12.7 Å². The second-order valence-electron chi connectivity index (χ2n) is 5.01. The molecule has 0 aliphatic rings. The van der Waals surface area contributed by atoms with E-state index in [4.69, 9.17) is 15.2 Å². The summed E-state index contributed by atoms with van der Waals surface area (Å²) in [5.41, 5.74) is 6.99. The first-order chi connectivity index (χ1) is 10.1. The van der Waals surface area contributed by atoms with E-state index >= 15 is 0 Å². The zero-order chi connectivity index (χ0) is 15.2. The van der Waals surface area contributed by atoms with Gasteiger partial charge in [-0.3, -0.25) is 0 Å². The number of rotatable bonds is 6. The van der Waals surface area contributed by atoms with Crippen LogP contribution in [0.15, 0.2) is 30.3 Å². The van der Waals surface area contributed by atoms with E-state index in [2.05, 4.69) is 29.9 Å². The van der Waals surface area contributed by atoms with Crippen LogP contribution < -0.4 is 10.5 Å². The van der Waals surface area contributed by atoms with Gasteiger partial charge in [0.1, 0.15) is 18.2 Å². The molecule has 0 aliphatic carbocycles. The van der Waals surface area contributed by atoms with Gasteiger partial charge in [0.15, 0.2) is 5.82 Å². The van der Waals surface area contributed by atoms with Crippen molar-refractivity contribution in [3.05, 3.63) is 41.7 Å². The van der Waals surface area contributed by atoms with Crippen molar-refractivity contribution in [2.75, 3.05) is 12.3 Å². The fourth-order valence-electron chi connectivity index (χ4n) is 1.86. The molecule has 0 bridgehead atoms. The molecule has 0 saturated heterocycles. The van der Waals surface area contributed by atoms with Crippen molar-refractivity contribution in [1.82, 2.24) is 9.97 Å². The minimum Gasteiger partial charge on any atom is -0.439 e. The Morgan fingerprint density at radius 2 is 2.00 bits per heavy atom. The highest BCUT2D eigenvalue weighted by atomic mass is 16.5. The lowest BCUT2D eigenvalue weighted by Gasteiger charge is -2.10. The van der Waals surface area contributed by atoms with Crippen LogP contribution in [0.4, 0.5) is 5.82 Å². The van der Waals surface area contributed by atoms with Gasteiger partial charge in [-0.05, 0) is 30.5 Å². The SMILES string of the molecule is CCOCc1nc(N)cc(Oc2cccc(C(C)C)c2)n1. The standard InChI is InChI=1S/C16H21N3O2/c1-4-20-10-15-18-14(17)9-16(19-15)21-13-7-5-6-12(8-13)11(2)3/h5-9,11H,4,10H2,1-3H3,(H2,17,18,19). The number of aromatic nitrogens is 2. The second-order valence-corrected chi connectivity index (χ2v) is 5.01. The van der Waals surface area contributed by atoms with E-state index in [0.29, 0.717) is 36.7 Å². The molecule has 2 rings (SSSR count). The smallest absolute Gasteiger partial charge is 0.224 e. The van der Waals surface area contributed by atoms with Gasteiger partial charge in [-0.15, -0.1) is 0 Å². The molecule has 5 heteroatoms. The van der Waals surface area contributed by atoms with E-state index < -0.39 is 0 Å². The molecular weight excluding hydrogens is 266 g/mol. The van der Waals surface area contributed by atoms with Crippen LogP contribution in [0, 0.1) is 0 Å². The van der Waals surface area contributed by atoms with Crippen LogP contribution in [0.1, 0.15) is 38.1 Å². The number of hydrogen-bond donors (Lipinski definition) is 1. The molecule has 21 heavy (non-hydrogen) atoms. The van der Waals surface area contributed by atoms with Crippen molar-refractivity contribution >= 4 is 5.82 Å². The summed E-state index contributed by atoms with van der Waals surface area (Å²) in [6, 6.07) is 9.55. The third kappa shape index (κ3) is 4.43. The number of nitrogens with zero attached hydrogens (tertiary/aromatic N) is 2. The zero-order valence-corrected chi connectivity index (χ0v) is 12.7. The molecule has 0 fully saturated rings. The lowest BCUT2D eigenvalue weighted by Crippen LogP contribution is -2.03. The lowest BCUT2D eigenvalue weighted by atomic mass is 10.0. The van der Waals surface area contributed by atoms with Crippen LogP contribution in [0.3, 0.4) is 0 Å². The monoisotopic (exact) mass is 287 g/mol. The van der Waals surface area contributed by atoms with Gasteiger partial charge in [0.05, 0.1) is 0 Å². The predicted octanol–water partition coefficient (Wildman–Crippen LogP) is 3.51. The molecule has 2 aromatic rings. The molecule has 1 heterocycles. The zero-order valence-electron chi connectivity index (χ0n) is 12.7. The van der Waals surface area contributed by atoms with Crippen molar-refractivity contribution in [2.45, 2.75) is 33.3 Å². The Labute approximate surface area is 125 Å². The second kappa shape index (κ2) is 7.04. The maximum absolute atomic E-state index is 5.78. The highest BCUT2D eigenvalue weighted by Crippen LogP contribution is 2.25. The largest absolute Gasteiger partial charge is 0.439 e. The normalized spacial score (nSPS) is 10.9. The fourth-order valence-corrected chi connectivity index (χ4v) is 1.86. The molecule has 0 radical (unpaired) electrons. The molecule has 112 valence electrons. The Morgan fingerprint density at radius 1 is 1.19 bits per heavy atom. The highest BCUT2D eigenvalue weighted by molar-refractivity contribution is 5.37. The van der Waals surface area contributed by atoms with Crippen LogP contribution in [-0.4, -0.2) is 16.6 Å². The first-order valence-corrected chi connectivity index (χ1v) is 7.07. The fraction of sp³-hybridized carbons (Fsp3) is 0.375. The van der Waals surface area contributed by atoms with E-state index in [1.807, 2.05) is 25.1 Å². The highest BCUT2D eigenvalue weighted by Gasteiger charge is 2.07. The van der Waals surface area contributed by atoms with Gasteiger partial charge >= 0.3 is 0 Å². The van der Waals surface area contributed by atoms with Gasteiger partial charge < -0.3 is 15.2 Å². The summed E-state index contributed by atoms with van der Waals surface area (Å²) in [4.78, 5) is 8.42. The summed E-state index contributed by atoms with van der Waals surface area (Å²) < 4.78 is 11.1. The number of anilines is 1. The molecule has 0 unspecified atom stereocenters. The maximum atomic E-state index is 5.78. The average Bonchev–Trinajstić information content (AvgIpc) is 2.45. The van der Waals surface area contributed by atoms with Gasteiger partial charge in [-0.25, -0.2) is 4.98 Å². The Morgan fingerprint density at radius 3 is 2.71 bits per heavy atom.